The van der Waals surface area contributed by atoms with Crippen LogP contribution in [0.15, 0.2) is 30.3 Å². The lowest BCUT2D eigenvalue weighted by Gasteiger charge is -2.20. The molecule has 0 aliphatic heterocycles. The van der Waals surface area contributed by atoms with Gasteiger partial charge < -0.3 is 10.4 Å². The minimum absolute atomic E-state index is 0.0131. The number of Topliss-reactive ketones (excluding diaryl/α,β-unsaturated/α-hetero) is 1. The number of aliphatic hydroxyl groups is 1. The van der Waals surface area contributed by atoms with E-state index in [4.69, 9.17) is 0 Å². The maximum absolute atomic E-state index is 12.6. The van der Waals surface area contributed by atoms with Gasteiger partial charge in [0, 0.05) is 11.8 Å². The second-order valence-electron chi connectivity index (χ2n) is 6.71. The second-order valence-corrected chi connectivity index (χ2v) is 6.71. The second kappa shape index (κ2) is 4.41. The number of benzene rings is 1. The molecule has 4 heteroatoms. The van der Waals surface area contributed by atoms with E-state index in [9.17, 15) is 14.7 Å². The van der Waals surface area contributed by atoms with Crippen molar-refractivity contribution in [3.05, 3.63) is 35.9 Å². The number of aliphatic hydroxyl groups excluding tert-OH is 1. The zero-order valence-corrected chi connectivity index (χ0v) is 11.8. The molecule has 0 unspecified atom stereocenters. The Bertz CT molecular complexity index is 599. The van der Waals surface area contributed by atoms with Gasteiger partial charge in [-0.15, -0.1) is 0 Å². The summed E-state index contributed by atoms with van der Waals surface area (Å²) in [4.78, 5) is 24.5. The summed E-state index contributed by atoms with van der Waals surface area (Å²) in [6.07, 6.45) is 2.25. The molecule has 110 valence electrons. The van der Waals surface area contributed by atoms with E-state index in [1.54, 1.807) is 0 Å². The zero-order valence-electron chi connectivity index (χ0n) is 11.8. The van der Waals surface area contributed by atoms with Crippen molar-refractivity contribution in [1.29, 1.82) is 0 Å². The molecule has 0 heterocycles. The van der Waals surface area contributed by atoms with E-state index < -0.39 is 5.41 Å². The lowest BCUT2D eigenvalue weighted by atomic mass is 10.0. The lowest BCUT2D eigenvalue weighted by Crippen LogP contribution is -2.43. The first-order valence-corrected chi connectivity index (χ1v) is 7.66. The summed E-state index contributed by atoms with van der Waals surface area (Å²) < 4.78 is 0. The summed E-state index contributed by atoms with van der Waals surface area (Å²) in [6, 6.07) is 9.55. The van der Waals surface area contributed by atoms with Crippen molar-refractivity contribution >= 4 is 11.7 Å². The molecule has 1 amide bonds. The molecule has 0 radical (unpaired) electrons. The Morgan fingerprint density at radius 2 is 2.14 bits per heavy atom. The first-order valence-electron chi connectivity index (χ1n) is 7.66. The fraction of sp³-hybridized carbons (Fsp3) is 0.529. The molecule has 2 N–H and O–H groups in total. The normalized spacial score (nSPS) is 36.6. The third-order valence-electron chi connectivity index (χ3n) is 5.64. The first kappa shape index (κ1) is 13.0. The minimum atomic E-state index is -0.411. The van der Waals surface area contributed by atoms with Gasteiger partial charge in [0.15, 0.2) is 0 Å². The number of hydrogen-bond acceptors (Lipinski definition) is 3. The van der Waals surface area contributed by atoms with Gasteiger partial charge in [-0.2, -0.15) is 0 Å². The predicted molar refractivity (Wildman–Crippen MR) is 76.3 cm³/mol. The Labute approximate surface area is 123 Å². The topological polar surface area (TPSA) is 66.4 Å². The molecule has 4 nitrogen and oxygen atoms in total. The number of amides is 1. The van der Waals surface area contributed by atoms with Gasteiger partial charge in [0.2, 0.25) is 5.91 Å². The van der Waals surface area contributed by atoms with Crippen LogP contribution in [0.1, 0.15) is 18.4 Å². The molecule has 1 aromatic carbocycles. The number of rotatable bonds is 5. The first-order chi connectivity index (χ1) is 10.2. The van der Waals surface area contributed by atoms with Crippen molar-refractivity contribution < 1.29 is 14.7 Å². The highest BCUT2D eigenvalue weighted by Crippen LogP contribution is 2.77. The zero-order chi connectivity index (χ0) is 14.6. The van der Waals surface area contributed by atoms with E-state index in [1.807, 2.05) is 30.3 Å². The Hall–Kier alpha value is -1.68. The standard InChI is InChI=1S/C17H19NO3/c19-9-12(6-10-4-2-1-3-5-10)18-16(21)17-8-11-7-13(17)14(17)15(11)20/h1-5,11-14,19H,6-9H2,(H,18,21)/t11-,12+,13-,14+,17-/m0/s1. The minimum Gasteiger partial charge on any atom is -0.394 e. The van der Waals surface area contributed by atoms with Gasteiger partial charge in [0.25, 0.3) is 0 Å². The number of carbonyl (C=O) groups is 2. The summed E-state index contributed by atoms with van der Waals surface area (Å²) in [6.45, 7) is -0.0799. The Morgan fingerprint density at radius 1 is 1.38 bits per heavy atom. The van der Waals surface area contributed by atoms with E-state index in [0.717, 1.165) is 18.4 Å². The smallest absolute Gasteiger partial charge is 0.227 e. The highest BCUT2D eigenvalue weighted by molar-refractivity contribution is 6.04. The van der Waals surface area contributed by atoms with Crippen LogP contribution in [0.4, 0.5) is 0 Å². The van der Waals surface area contributed by atoms with Gasteiger partial charge in [-0.1, -0.05) is 30.3 Å². The van der Waals surface area contributed by atoms with Crippen molar-refractivity contribution in [2.45, 2.75) is 25.3 Å². The van der Waals surface area contributed by atoms with Gasteiger partial charge in [0.1, 0.15) is 5.78 Å². The number of nitrogens with one attached hydrogen (secondary N) is 1. The Balaban J connectivity index is 1.44. The molecular formula is C17H19NO3. The van der Waals surface area contributed by atoms with E-state index in [-0.39, 0.29) is 36.3 Å². The molecule has 0 spiro atoms. The number of hydrogen-bond donors (Lipinski definition) is 2. The van der Waals surface area contributed by atoms with Crippen LogP contribution in [0.2, 0.25) is 0 Å². The quantitative estimate of drug-likeness (QED) is 0.846. The van der Waals surface area contributed by atoms with Crippen LogP contribution in [0.3, 0.4) is 0 Å². The fourth-order valence-electron chi connectivity index (χ4n) is 4.65. The van der Waals surface area contributed by atoms with E-state index in [0.29, 0.717) is 12.2 Å². The number of carbonyl (C=O) groups excluding carboxylic acids is 2. The van der Waals surface area contributed by atoms with E-state index in [2.05, 4.69) is 5.32 Å². The summed E-state index contributed by atoms with van der Waals surface area (Å²) in [5.74, 6) is 0.691. The molecule has 0 saturated heterocycles. The molecule has 4 aliphatic carbocycles. The van der Waals surface area contributed by atoms with Gasteiger partial charge in [-0.3, -0.25) is 9.59 Å². The van der Waals surface area contributed by atoms with Crippen LogP contribution in [0.5, 0.6) is 0 Å². The van der Waals surface area contributed by atoms with Crippen molar-refractivity contribution in [2.24, 2.45) is 23.2 Å². The third-order valence-corrected chi connectivity index (χ3v) is 5.64. The summed E-state index contributed by atoms with van der Waals surface area (Å²) in [5, 5.41) is 12.5. The van der Waals surface area contributed by atoms with Crippen LogP contribution in [0, 0.1) is 23.2 Å². The molecule has 4 bridgehead atoms. The van der Waals surface area contributed by atoms with Crippen LogP contribution in [-0.2, 0) is 16.0 Å². The van der Waals surface area contributed by atoms with Crippen molar-refractivity contribution in [2.75, 3.05) is 6.61 Å². The van der Waals surface area contributed by atoms with Crippen LogP contribution < -0.4 is 5.32 Å². The monoisotopic (exact) mass is 285 g/mol. The van der Waals surface area contributed by atoms with E-state index in [1.165, 1.54) is 0 Å². The molecule has 21 heavy (non-hydrogen) atoms. The summed E-state index contributed by atoms with van der Waals surface area (Å²) in [7, 11) is 0. The lowest BCUT2D eigenvalue weighted by molar-refractivity contribution is -0.128. The summed E-state index contributed by atoms with van der Waals surface area (Å²) in [5.41, 5.74) is 0.680. The van der Waals surface area contributed by atoms with Gasteiger partial charge in [-0.05, 0) is 30.7 Å². The molecule has 1 aromatic rings. The van der Waals surface area contributed by atoms with Crippen LogP contribution >= 0.6 is 0 Å². The van der Waals surface area contributed by atoms with E-state index >= 15 is 0 Å². The van der Waals surface area contributed by atoms with Crippen LogP contribution in [0.25, 0.3) is 0 Å². The molecular weight excluding hydrogens is 266 g/mol. The molecule has 4 saturated carbocycles. The largest absolute Gasteiger partial charge is 0.394 e. The average Bonchev–Trinajstić information content (AvgIpc) is 2.79. The Morgan fingerprint density at radius 3 is 2.67 bits per heavy atom. The van der Waals surface area contributed by atoms with Gasteiger partial charge in [0.05, 0.1) is 18.1 Å². The summed E-state index contributed by atoms with van der Waals surface area (Å²) >= 11 is 0. The molecule has 5 atom stereocenters. The van der Waals surface area contributed by atoms with Gasteiger partial charge in [-0.25, -0.2) is 0 Å². The molecule has 4 aliphatic rings. The molecule has 0 aromatic heterocycles. The average molecular weight is 285 g/mol. The number of ketones is 1. The van der Waals surface area contributed by atoms with Crippen molar-refractivity contribution in [3.63, 3.8) is 0 Å². The SMILES string of the molecule is O=C1[C@H]2C[C@H]3[C@H]1[C@]3(C(=O)N[C@@H](CO)Cc1ccccc1)C2. The molecule has 4 fully saturated rings. The van der Waals surface area contributed by atoms with Crippen molar-refractivity contribution in [3.8, 4) is 0 Å². The maximum Gasteiger partial charge on any atom is 0.227 e. The Kier molecular flexibility index (Phi) is 2.73. The highest BCUT2D eigenvalue weighted by Gasteiger charge is 2.82. The predicted octanol–water partition coefficient (Wildman–Crippen LogP) is 0.931. The highest BCUT2D eigenvalue weighted by atomic mass is 16.3. The third kappa shape index (κ3) is 1.72. The fourth-order valence-corrected chi connectivity index (χ4v) is 4.65. The maximum atomic E-state index is 12.6. The van der Waals surface area contributed by atoms with Gasteiger partial charge >= 0.3 is 0 Å². The molecule has 5 rings (SSSR count). The van der Waals surface area contributed by atoms with Crippen LogP contribution in [-0.4, -0.2) is 29.4 Å². The van der Waals surface area contributed by atoms with Crippen molar-refractivity contribution in [1.82, 2.24) is 5.32 Å².